The van der Waals surface area contributed by atoms with Crippen molar-refractivity contribution in [1.29, 1.82) is 0 Å². The first kappa shape index (κ1) is 15.8. The Morgan fingerprint density at radius 3 is 2.55 bits per heavy atom. The summed E-state index contributed by atoms with van der Waals surface area (Å²) in [6, 6.07) is 8.59. The normalized spacial score (nSPS) is 12.9. The standard InChI is InChI=1S/C13H12F3N3O3/c14-13(15,16)6-10-18-19-11(22-10)9(7-17-12(20)21)8-4-2-1-3-5-8/h1-5,9,17H,6-7H2,(H,20,21). The Kier molecular flexibility index (Phi) is 4.64. The number of carboxylic acid groups (broad SMARTS) is 1. The SMILES string of the molecule is O=C(O)NCC(c1ccccc1)c1nnc(CC(F)(F)F)o1. The van der Waals surface area contributed by atoms with Crippen LogP contribution in [0.2, 0.25) is 0 Å². The van der Waals surface area contributed by atoms with Gasteiger partial charge in [-0.25, -0.2) is 4.79 Å². The van der Waals surface area contributed by atoms with Gasteiger partial charge in [-0.15, -0.1) is 10.2 Å². The highest BCUT2D eigenvalue weighted by atomic mass is 19.4. The molecule has 0 saturated heterocycles. The van der Waals surface area contributed by atoms with E-state index in [2.05, 4.69) is 15.5 Å². The van der Waals surface area contributed by atoms with Gasteiger partial charge in [0.15, 0.2) is 0 Å². The number of hydrogen-bond acceptors (Lipinski definition) is 4. The average Bonchev–Trinajstić information content (AvgIpc) is 2.86. The minimum atomic E-state index is -4.45. The highest BCUT2D eigenvalue weighted by Gasteiger charge is 2.32. The maximum absolute atomic E-state index is 12.3. The molecule has 2 N–H and O–H groups in total. The van der Waals surface area contributed by atoms with Crippen LogP contribution in [0.25, 0.3) is 0 Å². The van der Waals surface area contributed by atoms with Gasteiger partial charge in [-0.05, 0) is 5.56 Å². The van der Waals surface area contributed by atoms with E-state index in [-0.39, 0.29) is 12.4 Å². The molecule has 1 atom stereocenters. The van der Waals surface area contributed by atoms with Crippen molar-refractivity contribution in [3.63, 3.8) is 0 Å². The second-order valence-electron chi connectivity index (χ2n) is 4.48. The summed E-state index contributed by atoms with van der Waals surface area (Å²) in [6.07, 6.45) is -7.03. The average molecular weight is 315 g/mol. The summed E-state index contributed by atoms with van der Waals surface area (Å²) < 4.78 is 42.0. The van der Waals surface area contributed by atoms with Crippen LogP contribution in [0.15, 0.2) is 34.7 Å². The Hall–Kier alpha value is -2.58. The fraction of sp³-hybridized carbons (Fsp3) is 0.308. The van der Waals surface area contributed by atoms with Gasteiger partial charge in [0.2, 0.25) is 11.8 Å². The van der Waals surface area contributed by atoms with E-state index in [1.54, 1.807) is 30.3 Å². The van der Waals surface area contributed by atoms with Gasteiger partial charge in [0.1, 0.15) is 6.42 Å². The lowest BCUT2D eigenvalue weighted by Crippen LogP contribution is -2.27. The molecule has 0 radical (unpaired) electrons. The van der Waals surface area contributed by atoms with Crippen LogP contribution < -0.4 is 5.32 Å². The molecule has 22 heavy (non-hydrogen) atoms. The lowest BCUT2D eigenvalue weighted by Gasteiger charge is -2.13. The molecule has 0 aliphatic rings. The summed E-state index contributed by atoms with van der Waals surface area (Å²) in [7, 11) is 0. The summed E-state index contributed by atoms with van der Waals surface area (Å²) in [4.78, 5) is 10.6. The number of amides is 1. The summed E-state index contributed by atoms with van der Waals surface area (Å²) >= 11 is 0. The third-order valence-electron chi connectivity index (χ3n) is 2.79. The number of aromatic nitrogens is 2. The first-order valence-electron chi connectivity index (χ1n) is 6.26. The Labute approximate surface area is 123 Å². The van der Waals surface area contributed by atoms with E-state index < -0.39 is 30.5 Å². The van der Waals surface area contributed by atoms with Gasteiger partial charge in [0, 0.05) is 6.54 Å². The molecule has 6 nitrogen and oxygen atoms in total. The second-order valence-corrected chi connectivity index (χ2v) is 4.48. The molecule has 1 amide bonds. The Bertz CT molecular complexity index is 628. The third kappa shape index (κ3) is 4.47. The summed E-state index contributed by atoms with van der Waals surface area (Å²) in [6.45, 7) is -0.0903. The number of rotatable bonds is 5. The van der Waals surface area contributed by atoms with Crippen LogP contribution in [0.3, 0.4) is 0 Å². The van der Waals surface area contributed by atoms with Crippen LogP contribution in [0, 0.1) is 0 Å². The minimum absolute atomic E-state index is 0.0702. The fourth-order valence-corrected chi connectivity index (χ4v) is 1.87. The highest BCUT2D eigenvalue weighted by molar-refractivity contribution is 5.64. The van der Waals surface area contributed by atoms with Crippen molar-refractivity contribution >= 4 is 6.09 Å². The van der Waals surface area contributed by atoms with Gasteiger partial charge < -0.3 is 14.8 Å². The van der Waals surface area contributed by atoms with Gasteiger partial charge in [-0.2, -0.15) is 13.2 Å². The zero-order chi connectivity index (χ0) is 16.2. The molecule has 1 aromatic heterocycles. The zero-order valence-corrected chi connectivity index (χ0v) is 11.2. The predicted molar refractivity (Wildman–Crippen MR) is 68.4 cm³/mol. The number of carbonyl (C=O) groups is 1. The van der Waals surface area contributed by atoms with Crippen LogP contribution in [-0.2, 0) is 6.42 Å². The van der Waals surface area contributed by atoms with Crippen LogP contribution in [-0.4, -0.2) is 34.1 Å². The number of nitrogens with zero attached hydrogens (tertiary/aromatic N) is 2. The van der Waals surface area contributed by atoms with Crippen molar-refractivity contribution in [1.82, 2.24) is 15.5 Å². The van der Waals surface area contributed by atoms with E-state index in [1.165, 1.54) is 0 Å². The van der Waals surface area contributed by atoms with Crippen molar-refractivity contribution < 1.29 is 27.5 Å². The molecule has 2 rings (SSSR count). The summed E-state index contributed by atoms with van der Waals surface area (Å²) in [5.74, 6) is -1.29. The second kappa shape index (κ2) is 6.46. The van der Waals surface area contributed by atoms with Gasteiger partial charge in [-0.3, -0.25) is 0 Å². The molecule has 0 bridgehead atoms. The smallest absolute Gasteiger partial charge is 0.404 e. The first-order chi connectivity index (χ1) is 10.3. The van der Waals surface area contributed by atoms with Gasteiger partial charge >= 0.3 is 12.3 Å². The first-order valence-corrected chi connectivity index (χ1v) is 6.26. The largest absolute Gasteiger partial charge is 0.465 e. The van der Waals surface area contributed by atoms with Crippen LogP contribution in [0.5, 0.6) is 0 Å². The summed E-state index contributed by atoms with van der Waals surface area (Å²) in [5, 5.41) is 17.8. The van der Waals surface area contributed by atoms with Gasteiger partial charge in [-0.1, -0.05) is 30.3 Å². The highest BCUT2D eigenvalue weighted by Crippen LogP contribution is 2.25. The molecule has 1 unspecified atom stereocenters. The maximum atomic E-state index is 12.3. The van der Waals surface area contributed by atoms with Gasteiger partial charge in [0.05, 0.1) is 5.92 Å². The molecular weight excluding hydrogens is 303 g/mol. The molecule has 0 saturated carbocycles. The Morgan fingerprint density at radius 2 is 1.95 bits per heavy atom. The topological polar surface area (TPSA) is 88.2 Å². The molecule has 1 aromatic carbocycles. The van der Waals surface area contributed by atoms with E-state index >= 15 is 0 Å². The number of benzene rings is 1. The van der Waals surface area contributed by atoms with Crippen LogP contribution in [0.1, 0.15) is 23.3 Å². The van der Waals surface area contributed by atoms with E-state index in [0.717, 1.165) is 0 Å². The Morgan fingerprint density at radius 1 is 1.27 bits per heavy atom. The maximum Gasteiger partial charge on any atom is 0.404 e. The molecule has 0 spiro atoms. The quantitative estimate of drug-likeness (QED) is 0.885. The third-order valence-corrected chi connectivity index (χ3v) is 2.79. The van der Waals surface area contributed by atoms with E-state index in [4.69, 9.17) is 9.52 Å². The number of halogens is 3. The predicted octanol–water partition coefficient (Wildman–Crippen LogP) is 2.57. The molecule has 118 valence electrons. The van der Waals surface area contributed by atoms with Crippen molar-refractivity contribution in [2.24, 2.45) is 0 Å². The Balaban J connectivity index is 2.23. The van der Waals surface area contributed by atoms with Crippen molar-refractivity contribution in [2.75, 3.05) is 6.54 Å². The van der Waals surface area contributed by atoms with Gasteiger partial charge in [0.25, 0.3) is 0 Å². The molecule has 2 aromatic rings. The summed E-state index contributed by atoms with van der Waals surface area (Å²) in [5.41, 5.74) is 0.651. The molecule has 0 fully saturated rings. The lowest BCUT2D eigenvalue weighted by atomic mass is 9.99. The monoisotopic (exact) mass is 315 g/mol. The van der Waals surface area contributed by atoms with Crippen molar-refractivity contribution in [3.8, 4) is 0 Å². The minimum Gasteiger partial charge on any atom is -0.465 e. The molecule has 0 aliphatic carbocycles. The fourth-order valence-electron chi connectivity index (χ4n) is 1.87. The number of alkyl halides is 3. The number of nitrogens with one attached hydrogen (secondary N) is 1. The molecular formula is C13H12F3N3O3. The molecule has 9 heteroatoms. The van der Waals surface area contributed by atoms with Crippen LogP contribution >= 0.6 is 0 Å². The number of hydrogen-bond donors (Lipinski definition) is 2. The molecule has 1 heterocycles. The van der Waals surface area contributed by atoms with Crippen molar-refractivity contribution in [3.05, 3.63) is 47.7 Å². The zero-order valence-electron chi connectivity index (χ0n) is 11.2. The van der Waals surface area contributed by atoms with E-state index in [1.807, 2.05) is 0 Å². The van der Waals surface area contributed by atoms with Crippen LogP contribution in [0.4, 0.5) is 18.0 Å². The lowest BCUT2D eigenvalue weighted by molar-refractivity contribution is -0.130. The van der Waals surface area contributed by atoms with Crippen molar-refractivity contribution in [2.45, 2.75) is 18.5 Å². The molecule has 0 aliphatic heterocycles. The van der Waals surface area contributed by atoms with E-state index in [9.17, 15) is 18.0 Å². The van der Waals surface area contributed by atoms with E-state index in [0.29, 0.717) is 5.56 Å².